The lowest BCUT2D eigenvalue weighted by molar-refractivity contribution is -0.886. The minimum absolute atomic E-state index is 0.172. The van der Waals surface area contributed by atoms with Crippen LogP contribution in [-0.2, 0) is 9.53 Å². The normalized spacial score (nSPS) is 38.4. The van der Waals surface area contributed by atoms with Crippen molar-refractivity contribution >= 4 is 5.97 Å². The standard InChI is InChI=1S/C24H33NO4/c1-15-8-7-11-17-12-20-21(22(27)24(15,17)2)18(23(28)29-20)13-25(3)14-19(26)16-9-5-4-6-10-16/h4-6,9-11,15,18-22,26-27H,7-8,12-14H2,1-3H3/p+1/t15-,18+,19+,20-,21-,22+,24-/m1/s1. The first-order valence-corrected chi connectivity index (χ1v) is 10.9. The van der Waals surface area contributed by atoms with Gasteiger partial charge in [0.1, 0.15) is 24.7 Å². The van der Waals surface area contributed by atoms with E-state index in [1.54, 1.807) is 0 Å². The molecular weight excluding hydrogens is 366 g/mol. The molecule has 1 aliphatic heterocycles. The number of benzene rings is 1. The first-order chi connectivity index (χ1) is 13.8. The van der Waals surface area contributed by atoms with E-state index in [0.29, 0.717) is 19.0 Å². The Balaban J connectivity index is 1.49. The molecule has 0 spiro atoms. The number of hydrogen-bond donors (Lipinski definition) is 3. The number of aliphatic hydroxyl groups excluding tert-OH is 2. The molecule has 1 aromatic carbocycles. The zero-order chi connectivity index (χ0) is 20.8. The monoisotopic (exact) mass is 400 g/mol. The number of rotatable bonds is 5. The zero-order valence-electron chi connectivity index (χ0n) is 17.7. The van der Waals surface area contributed by atoms with E-state index in [4.69, 9.17) is 4.74 Å². The van der Waals surface area contributed by atoms with Crippen molar-refractivity contribution in [2.24, 2.45) is 23.2 Å². The van der Waals surface area contributed by atoms with Gasteiger partial charge in [-0.05, 0) is 24.3 Å². The van der Waals surface area contributed by atoms with Gasteiger partial charge in [0.2, 0.25) is 0 Å². The Labute approximate surface area is 173 Å². The van der Waals surface area contributed by atoms with Crippen molar-refractivity contribution in [3.05, 3.63) is 47.5 Å². The van der Waals surface area contributed by atoms with Crippen molar-refractivity contribution < 1.29 is 24.6 Å². The van der Waals surface area contributed by atoms with Crippen LogP contribution in [0.2, 0.25) is 0 Å². The maximum atomic E-state index is 12.7. The molecule has 1 heterocycles. The molecule has 158 valence electrons. The minimum Gasteiger partial charge on any atom is -0.461 e. The molecule has 5 nitrogen and oxygen atoms in total. The second-order valence-electron chi connectivity index (χ2n) is 9.59. The van der Waals surface area contributed by atoms with Gasteiger partial charge < -0.3 is 19.8 Å². The van der Waals surface area contributed by atoms with Crippen LogP contribution in [0.25, 0.3) is 0 Å². The predicted molar refractivity (Wildman–Crippen MR) is 110 cm³/mol. The average molecular weight is 401 g/mol. The molecule has 3 aliphatic rings. The Hall–Kier alpha value is -1.69. The van der Waals surface area contributed by atoms with Crippen LogP contribution in [-0.4, -0.2) is 48.5 Å². The Kier molecular flexibility index (Phi) is 5.58. The van der Waals surface area contributed by atoms with E-state index in [0.717, 1.165) is 29.7 Å². The molecule has 3 N–H and O–H groups in total. The number of carbonyl (C=O) groups is 1. The van der Waals surface area contributed by atoms with Crippen LogP contribution in [0.15, 0.2) is 42.0 Å². The molecule has 0 radical (unpaired) electrons. The Morgan fingerprint density at radius 3 is 2.76 bits per heavy atom. The van der Waals surface area contributed by atoms with E-state index in [-0.39, 0.29) is 29.3 Å². The van der Waals surface area contributed by atoms with Gasteiger partial charge in [0, 0.05) is 17.8 Å². The van der Waals surface area contributed by atoms with Crippen molar-refractivity contribution in [1.29, 1.82) is 0 Å². The SMILES string of the molecule is C[C@@H]1CCC=C2C[C@H]3OC(=O)[C@@H](C[NH+](C)C[C@H](O)c4ccccc4)[C@H]3[C@H](O)[C@@]21C. The van der Waals surface area contributed by atoms with Gasteiger partial charge in [-0.1, -0.05) is 55.8 Å². The van der Waals surface area contributed by atoms with Gasteiger partial charge in [-0.15, -0.1) is 0 Å². The summed E-state index contributed by atoms with van der Waals surface area (Å²) in [7, 11) is 2.00. The molecular formula is C24H34NO4+. The second-order valence-corrected chi connectivity index (χ2v) is 9.59. The largest absolute Gasteiger partial charge is 0.461 e. The number of quaternary nitrogens is 1. The number of aliphatic hydroxyl groups is 2. The van der Waals surface area contributed by atoms with Crippen LogP contribution in [0.5, 0.6) is 0 Å². The number of ether oxygens (including phenoxy) is 1. The lowest BCUT2D eigenvalue weighted by atomic mass is 9.55. The highest BCUT2D eigenvalue weighted by atomic mass is 16.6. The smallest absolute Gasteiger partial charge is 0.315 e. The van der Waals surface area contributed by atoms with Gasteiger partial charge in [0.05, 0.1) is 19.7 Å². The number of nitrogens with one attached hydrogen (secondary N) is 1. The summed E-state index contributed by atoms with van der Waals surface area (Å²) >= 11 is 0. The van der Waals surface area contributed by atoms with Crippen molar-refractivity contribution in [1.82, 2.24) is 0 Å². The van der Waals surface area contributed by atoms with Crippen molar-refractivity contribution in [2.75, 3.05) is 20.1 Å². The molecule has 1 unspecified atom stereocenters. The van der Waals surface area contributed by atoms with E-state index in [1.165, 1.54) is 5.57 Å². The molecule has 4 rings (SSSR count). The van der Waals surface area contributed by atoms with Gasteiger partial charge in [-0.25, -0.2) is 0 Å². The fraction of sp³-hybridized carbons (Fsp3) is 0.625. The molecule has 1 aromatic rings. The summed E-state index contributed by atoms with van der Waals surface area (Å²) in [5.41, 5.74) is 1.87. The molecule has 8 atom stereocenters. The highest BCUT2D eigenvalue weighted by molar-refractivity contribution is 5.76. The summed E-state index contributed by atoms with van der Waals surface area (Å²) in [6, 6.07) is 9.61. The van der Waals surface area contributed by atoms with Gasteiger partial charge >= 0.3 is 5.97 Å². The van der Waals surface area contributed by atoms with Crippen LogP contribution in [0.3, 0.4) is 0 Å². The van der Waals surface area contributed by atoms with Crippen LogP contribution < -0.4 is 4.90 Å². The van der Waals surface area contributed by atoms with E-state index < -0.39 is 12.2 Å². The van der Waals surface area contributed by atoms with Gasteiger partial charge in [-0.3, -0.25) is 4.79 Å². The molecule has 1 saturated heterocycles. The topological polar surface area (TPSA) is 71.2 Å². The fourth-order valence-corrected chi connectivity index (χ4v) is 5.88. The number of esters is 1. The predicted octanol–water partition coefficient (Wildman–Crippen LogP) is 1.52. The van der Waals surface area contributed by atoms with Crippen LogP contribution in [0, 0.1) is 23.2 Å². The van der Waals surface area contributed by atoms with Gasteiger partial charge in [0.15, 0.2) is 0 Å². The third kappa shape index (κ3) is 3.54. The van der Waals surface area contributed by atoms with E-state index >= 15 is 0 Å². The number of hydrogen-bond acceptors (Lipinski definition) is 4. The second kappa shape index (κ2) is 7.86. The molecule has 0 aromatic heterocycles. The number of allylic oxidation sites excluding steroid dienone is 1. The highest BCUT2D eigenvalue weighted by Crippen LogP contribution is 2.55. The molecule has 5 heteroatoms. The number of likely N-dealkylation sites (N-methyl/N-ethyl adjacent to an activating group) is 1. The number of fused-ring (bicyclic) bond motifs is 2. The lowest BCUT2D eigenvalue weighted by Crippen LogP contribution is -3.10. The van der Waals surface area contributed by atoms with E-state index in [1.807, 2.05) is 37.4 Å². The first kappa shape index (κ1) is 20.6. The molecule has 0 amide bonds. The number of carbonyl (C=O) groups excluding carboxylic acids is 1. The summed E-state index contributed by atoms with van der Waals surface area (Å²) in [4.78, 5) is 13.8. The third-order valence-electron chi connectivity index (χ3n) is 7.86. The summed E-state index contributed by atoms with van der Waals surface area (Å²) in [5, 5.41) is 22.0. The quantitative estimate of drug-likeness (QED) is 0.518. The van der Waals surface area contributed by atoms with E-state index in [2.05, 4.69) is 19.9 Å². The van der Waals surface area contributed by atoms with Crippen LogP contribution in [0.1, 0.15) is 44.8 Å². The van der Waals surface area contributed by atoms with E-state index in [9.17, 15) is 15.0 Å². The maximum absolute atomic E-state index is 12.7. The fourth-order valence-electron chi connectivity index (χ4n) is 5.88. The minimum atomic E-state index is -0.578. The zero-order valence-corrected chi connectivity index (χ0v) is 17.7. The van der Waals surface area contributed by atoms with Gasteiger partial charge in [0.25, 0.3) is 0 Å². The Morgan fingerprint density at radius 2 is 2.03 bits per heavy atom. The van der Waals surface area contributed by atoms with Crippen molar-refractivity contribution in [3.8, 4) is 0 Å². The molecule has 2 aliphatic carbocycles. The molecule has 0 bridgehead atoms. The van der Waals surface area contributed by atoms with Crippen molar-refractivity contribution in [2.45, 2.75) is 51.4 Å². The van der Waals surface area contributed by atoms with Crippen LogP contribution in [0.4, 0.5) is 0 Å². The van der Waals surface area contributed by atoms with Gasteiger partial charge in [-0.2, -0.15) is 0 Å². The van der Waals surface area contributed by atoms with Crippen LogP contribution >= 0.6 is 0 Å². The third-order valence-corrected chi connectivity index (χ3v) is 7.86. The average Bonchev–Trinajstić information content (AvgIpc) is 3.00. The lowest BCUT2D eigenvalue weighted by Gasteiger charge is -2.51. The molecule has 2 fully saturated rings. The Morgan fingerprint density at radius 1 is 1.31 bits per heavy atom. The summed E-state index contributed by atoms with van der Waals surface area (Å²) in [6.45, 7) is 5.46. The Bertz CT molecular complexity index is 778. The van der Waals surface area contributed by atoms with Crippen molar-refractivity contribution in [3.63, 3.8) is 0 Å². The highest BCUT2D eigenvalue weighted by Gasteiger charge is 2.60. The summed E-state index contributed by atoms with van der Waals surface area (Å²) < 4.78 is 5.75. The first-order valence-electron chi connectivity index (χ1n) is 10.9. The summed E-state index contributed by atoms with van der Waals surface area (Å²) in [6.07, 6.45) is 3.74. The summed E-state index contributed by atoms with van der Waals surface area (Å²) in [5.74, 6) is -0.303. The molecule has 29 heavy (non-hydrogen) atoms. The molecule has 1 saturated carbocycles. The maximum Gasteiger partial charge on any atom is 0.315 e.